The van der Waals surface area contributed by atoms with E-state index in [9.17, 15) is 0 Å². The summed E-state index contributed by atoms with van der Waals surface area (Å²) in [6.45, 7) is 8.82. The van der Waals surface area contributed by atoms with E-state index in [1.807, 2.05) is 0 Å². The van der Waals surface area contributed by atoms with Crippen molar-refractivity contribution < 1.29 is 0 Å². The van der Waals surface area contributed by atoms with E-state index in [4.69, 9.17) is 5.73 Å². The molecule has 0 saturated heterocycles. The molecule has 18 heavy (non-hydrogen) atoms. The van der Waals surface area contributed by atoms with Crippen LogP contribution in [0.3, 0.4) is 0 Å². The monoisotopic (exact) mass is 263 g/mol. The highest BCUT2D eigenvalue weighted by Crippen LogP contribution is 2.25. The molecule has 3 nitrogen and oxygen atoms in total. The van der Waals surface area contributed by atoms with Crippen LogP contribution in [0.15, 0.2) is 18.2 Å². The van der Waals surface area contributed by atoms with E-state index >= 15 is 0 Å². The summed E-state index contributed by atoms with van der Waals surface area (Å²) in [6, 6.07) is 6.39. The first-order valence-electron chi connectivity index (χ1n) is 6.17. The van der Waals surface area contributed by atoms with Gasteiger partial charge < -0.3 is 10.6 Å². The van der Waals surface area contributed by atoms with Crippen molar-refractivity contribution in [3.63, 3.8) is 0 Å². The number of nitrogens with two attached hydrogens (primary N) is 1. The molecule has 98 valence electrons. The van der Waals surface area contributed by atoms with Crippen LogP contribution in [-0.2, 0) is 6.54 Å². The molecule has 0 fully saturated rings. The number of rotatable bonds is 3. The van der Waals surface area contributed by atoms with E-state index in [1.54, 1.807) is 11.3 Å². The Hall–Kier alpha value is -1.13. The molecule has 0 saturated carbocycles. The molecular formula is C14H21N3S. The molecule has 1 heterocycles. The Balaban J connectivity index is 2.11. The molecule has 4 heteroatoms. The molecule has 0 radical (unpaired) electrons. The van der Waals surface area contributed by atoms with Crippen LogP contribution in [0.1, 0.15) is 26.3 Å². The van der Waals surface area contributed by atoms with Crippen molar-refractivity contribution in [2.24, 2.45) is 5.41 Å². The molecule has 0 aliphatic rings. The first-order chi connectivity index (χ1) is 8.33. The van der Waals surface area contributed by atoms with Crippen LogP contribution in [0.2, 0.25) is 0 Å². The molecule has 0 aliphatic heterocycles. The van der Waals surface area contributed by atoms with Crippen LogP contribution in [0.25, 0.3) is 10.2 Å². The summed E-state index contributed by atoms with van der Waals surface area (Å²) in [7, 11) is 2.16. The molecule has 0 aliphatic carbocycles. The van der Waals surface area contributed by atoms with Gasteiger partial charge in [0.05, 0.1) is 10.2 Å². The van der Waals surface area contributed by atoms with Crippen LogP contribution in [0, 0.1) is 5.41 Å². The number of thiazole rings is 1. The largest absolute Gasteiger partial charge is 0.375 e. The number of hydrogen-bond donors (Lipinski definition) is 1. The smallest absolute Gasteiger partial charge is 0.181 e. The standard InChI is InChI=1S/C14H21N3S/c1-14(2,3)9-17(4)8-10-5-6-11-12(7-10)18-13(15)16-11/h5-7H,8-9H2,1-4H3,(H2,15,16). The Bertz CT molecular complexity index is 539. The Kier molecular flexibility index (Phi) is 3.59. The lowest BCUT2D eigenvalue weighted by Crippen LogP contribution is -2.28. The fraction of sp³-hybridized carbons (Fsp3) is 0.500. The molecule has 1 aromatic carbocycles. The summed E-state index contributed by atoms with van der Waals surface area (Å²) >= 11 is 1.55. The Morgan fingerprint density at radius 3 is 2.72 bits per heavy atom. The predicted octanol–water partition coefficient (Wildman–Crippen LogP) is 3.36. The highest BCUT2D eigenvalue weighted by Gasteiger charge is 2.13. The topological polar surface area (TPSA) is 42.2 Å². The SMILES string of the molecule is CN(Cc1ccc2nc(N)sc2c1)CC(C)(C)C. The van der Waals surface area contributed by atoms with E-state index < -0.39 is 0 Å². The van der Waals surface area contributed by atoms with Gasteiger partial charge in [-0.1, -0.05) is 38.2 Å². The molecule has 0 atom stereocenters. The van der Waals surface area contributed by atoms with Crippen molar-refractivity contribution in [3.05, 3.63) is 23.8 Å². The number of nitrogens with zero attached hydrogens (tertiary/aromatic N) is 2. The lowest BCUT2D eigenvalue weighted by molar-refractivity contribution is 0.221. The lowest BCUT2D eigenvalue weighted by atomic mass is 9.96. The zero-order valence-corrected chi connectivity index (χ0v) is 12.3. The van der Waals surface area contributed by atoms with Gasteiger partial charge in [-0.15, -0.1) is 0 Å². The minimum Gasteiger partial charge on any atom is -0.375 e. The van der Waals surface area contributed by atoms with Crippen molar-refractivity contribution in [2.45, 2.75) is 27.3 Å². The van der Waals surface area contributed by atoms with E-state index in [-0.39, 0.29) is 0 Å². The highest BCUT2D eigenvalue weighted by atomic mass is 32.1. The molecule has 0 spiro atoms. The third-order valence-corrected chi connectivity index (χ3v) is 3.51. The maximum absolute atomic E-state index is 5.72. The first-order valence-corrected chi connectivity index (χ1v) is 6.99. The quantitative estimate of drug-likeness (QED) is 0.923. The minimum atomic E-state index is 0.327. The summed E-state index contributed by atoms with van der Waals surface area (Å²) in [5.41, 5.74) is 8.37. The molecule has 2 aromatic rings. The van der Waals surface area contributed by atoms with Crippen LogP contribution in [0.4, 0.5) is 5.13 Å². The Morgan fingerprint density at radius 1 is 1.33 bits per heavy atom. The van der Waals surface area contributed by atoms with Crippen LogP contribution < -0.4 is 5.73 Å². The van der Waals surface area contributed by atoms with Gasteiger partial charge in [-0.2, -0.15) is 0 Å². The lowest BCUT2D eigenvalue weighted by Gasteiger charge is -2.26. The highest BCUT2D eigenvalue weighted by molar-refractivity contribution is 7.22. The summed E-state index contributed by atoms with van der Waals surface area (Å²) < 4.78 is 1.18. The molecule has 0 amide bonds. The van der Waals surface area contributed by atoms with Crippen molar-refractivity contribution in [1.29, 1.82) is 0 Å². The van der Waals surface area contributed by atoms with Gasteiger partial charge >= 0.3 is 0 Å². The summed E-state index contributed by atoms with van der Waals surface area (Å²) in [5, 5.41) is 0.644. The average Bonchev–Trinajstić information content (AvgIpc) is 2.53. The van der Waals surface area contributed by atoms with Gasteiger partial charge in [0.25, 0.3) is 0 Å². The number of benzene rings is 1. The normalized spacial score (nSPS) is 12.5. The number of anilines is 1. The summed E-state index contributed by atoms with van der Waals surface area (Å²) in [4.78, 5) is 6.63. The molecule has 0 bridgehead atoms. The van der Waals surface area contributed by atoms with Gasteiger partial charge in [-0.3, -0.25) is 0 Å². The van der Waals surface area contributed by atoms with E-state index in [1.165, 1.54) is 10.3 Å². The fourth-order valence-electron chi connectivity index (χ4n) is 2.26. The van der Waals surface area contributed by atoms with Crippen molar-refractivity contribution in [3.8, 4) is 0 Å². The summed E-state index contributed by atoms with van der Waals surface area (Å²) in [5.74, 6) is 0. The fourth-order valence-corrected chi connectivity index (χ4v) is 3.06. The van der Waals surface area contributed by atoms with E-state index in [0.29, 0.717) is 10.5 Å². The third kappa shape index (κ3) is 3.43. The third-order valence-electron chi connectivity index (χ3n) is 2.67. The first kappa shape index (κ1) is 13.3. The minimum absolute atomic E-state index is 0.327. The van der Waals surface area contributed by atoms with Crippen molar-refractivity contribution >= 4 is 26.7 Å². The van der Waals surface area contributed by atoms with E-state index in [2.05, 4.69) is 55.9 Å². The van der Waals surface area contributed by atoms with Crippen molar-refractivity contribution in [1.82, 2.24) is 9.88 Å². The van der Waals surface area contributed by atoms with Gasteiger partial charge in [-0.05, 0) is 30.2 Å². The number of nitrogen functional groups attached to an aromatic ring is 1. The number of hydrogen-bond acceptors (Lipinski definition) is 4. The van der Waals surface area contributed by atoms with Crippen LogP contribution in [0.5, 0.6) is 0 Å². The molecule has 2 N–H and O–H groups in total. The second-order valence-electron chi connectivity index (χ2n) is 6.09. The molecular weight excluding hydrogens is 242 g/mol. The van der Waals surface area contributed by atoms with Crippen molar-refractivity contribution in [2.75, 3.05) is 19.3 Å². The maximum atomic E-state index is 5.72. The van der Waals surface area contributed by atoms with Gasteiger partial charge in [0.15, 0.2) is 5.13 Å². The van der Waals surface area contributed by atoms with Gasteiger partial charge in [-0.25, -0.2) is 4.98 Å². The molecule has 1 aromatic heterocycles. The zero-order chi connectivity index (χ0) is 13.3. The average molecular weight is 263 g/mol. The van der Waals surface area contributed by atoms with Gasteiger partial charge in [0, 0.05) is 13.1 Å². The summed E-state index contributed by atoms with van der Waals surface area (Å²) in [6.07, 6.45) is 0. The van der Waals surface area contributed by atoms with Crippen LogP contribution in [-0.4, -0.2) is 23.5 Å². The van der Waals surface area contributed by atoms with Gasteiger partial charge in [0.2, 0.25) is 0 Å². The zero-order valence-electron chi connectivity index (χ0n) is 11.5. The number of fused-ring (bicyclic) bond motifs is 1. The number of aromatic nitrogens is 1. The maximum Gasteiger partial charge on any atom is 0.181 e. The predicted molar refractivity (Wildman–Crippen MR) is 79.8 cm³/mol. The Morgan fingerprint density at radius 2 is 2.06 bits per heavy atom. The molecule has 0 unspecified atom stereocenters. The second-order valence-corrected chi connectivity index (χ2v) is 7.15. The van der Waals surface area contributed by atoms with Gasteiger partial charge in [0.1, 0.15) is 0 Å². The molecule has 2 rings (SSSR count). The van der Waals surface area contributed by atoms with E-state index in [0.717, 1.165) is 18.6 Å². The second kappa shape index (κ2) is 4.86. The Labute approximate surface area is 113 Å². The van der Waals surface area contributed by atoms with Crippen LogP contribution >= 0.6 is 11.3 Å².